The molecule has 1 aromatic carbocycles. The van der Waals surface area contributed by atoms with E-state index in [2.05, 4.69) is 31.7 Å². The highest BCUT2D eigenvalue weighted by atomic mass is 35.5. The van der Waals surface area contributed by atoms with Crippen molar-refractivity contribution in [1.29, 1.82) is 0 Å². The van der Waals surface area contributed by atoms with Crippen LogP contribution in [0.15, 0.2) is 12.6 Å². The first-order valence-electron chi connectivity index (χ1n) is 16.7. The molecule has 2 bridgehead atoms. The van der Waals surface area contributed by atoms with E-state index in [1.807, 2.05) is 0 Å². The van der Waals surface area contributed by atoms with Gasteiger partial charge in [0.2, 0.25) is 0 Å². The fourth-order valence-electron chi connectivity index (χ4n) is 9.70. The summed E-state index contributed by atoms with van der Waals surface area (Å²) in [6.07, 6.45) is -1.07. The molecule has 9 rings (SSSR count). The van der Waals surface area contributed by atoms with Crippen LogP contribution in [0.2, 0.25) is 5.02 Å². The molecule has 1 aliphatic carbocycles. The number of nitrogens with zero attached hydrogens (tertiary/aromatic N) is 5. The fourth-order valence-corrected chi connectivity index (χ4v) is 10.1. The standard InChI is InChI=1S/C34H34ClF6N7O/c1-15-8-19-18-5-4-17(43-18)10-48(19)29-22-21(15)25(35)23(27-24(34(39,40)41)16(2)9-20(42)44-27)26(36)28(22)45-30(46-29)49-14-32-6-3-7-47(32)13-31(11-32)12-33(31,37)38/h9,17-19,43H,1,3-8,10-14H2,2H3,(H2,42,44)/t17?,18-,19+,31-,32-/m0/s1. The summed E-state index contributed by atoms with van der Waals surface area (Å²) in [4.78, 5) is 17.5. The summed E-state index contributed by atoms with van der Waals surface area (Å²) >= 11 is 6.97. The van der Waals surface area contributed by atoms with Crippen LogP contribution in [-0.2, 0) is 6.18 Å². The van der Waals surface area contributed by atoms with E-state index >= 15 is 4.39 Å². The third kappa shape index (κ3) is 4.48. The summed E-state index contributed by atoms with van der Waals surface area (Å²) in [5.74, 6) is -3.72. The smallest absolute Gasteiger partial charge is 0.418 e. The topological polar surface area (TPSA) is 92.4 Å². The first-order valence-corrected chi connectivity index (χ1v) is 17.0. The maximum absolute atomic E-state index is 17.1. The second kappa shape index (κ2) is 10.1. The van der Waals surface area contributed by atoms with Crippen LogP contribution < -0.4 is 20.7 Å². The van der Waals surface area contributed by atoms with E-state index in [1.54, 1.807) is 0 Å². The number of ether oxygens (including phenoxy) is 1. The number of aryl methyl sites for hydroxylation is 1. The lowest BCUT2D eigenvalue weighted by Crippen LogP contribution is -2.58. The summed E-state index contributed by atoms with van der Waals surface area (Å²) in [5.41, 5.74) is 1.97. The zero-order valence-corrected chi connectivity index (χ0v) is 27.4. The van der Waals surface area contributed by atoms with Gasteiger partial charge in [-0.25, -0.2) is 18.2 Å². The van der Waals surface area contributed by atoms with Crippen LogP contribution in [-0.4, -0.2) is 75.7 Å². The van der Waals surface area contributed by atoms with Gasteiger partial charge in [0.1, 0.15) is 23.8 Å². The minimum Gasteiger partial charge on any atom is -0.461 e. The molecule has 2 aromatic heterocycles. The van der Waals surface area contributed by atoms with Crippen LogP contribution in [0.4, 0.5) is 38.0 Å². The number of piperazine rings is 1. The van der Waals surface area contributed by atoms with Crippen molar-refractivity contribution in [3.8, 4) is 17.3 Å². The lowest BCUT2D eigenvalue weighted by molar-refractivity contribution is -0.137. The first kappa shape index (κ1) is 31.6. The van der Waals surface area contributed by atoms with Crippen molar-refractivity contribution in [2.75, 3.05) is 36.9 Å². The second-order valence-electron chi connectivity index (χ2n) is 15.0. The summed E-state index contributed by atoms with van der Waals surface area (Å²) < 4.78 is 96.0. The molecule has 7 heterocycles. The van der Waals surface area contributed by atoms with Gasteiger partial charge in [0.05, 0.1) is 38.2 Å². The van der Waals surface area contributed by atoms with E-state index in [9.17, 15) is 22.0 Å². The van der Waals surface area contributed by atoms with Gasteiger partial charge in [0, 0.05) is 43.2 Å². The van der Waals surface area contributed by atoms with Crippen LogP contribution in [0.25, 0.3) is 27.7 Å². The average Bonchev–Trinajstić information content (AvgIpc) is 3.34. The van der Waals surface area contributed by atoms with Crippen LogP contribution >= 0.6 is 11.6 Å². The normalized spacial score (nSPS) is 31.4. The molecule has 5 fully saturated rings. The number of nitrogens with one attached hydrogen (secondary N) is 1. The molecular formula is C34H34ClF6N7O. The fraction of sp³-hybridized carbons (Fsp3) is 0.559. The summed E-state index contributed by atoms with van der Waals surface area (Å²) in [5, 5.41) is 3.59. The molecule has 4 saturated heterocycles. The Morgan fingerprint density at radius 3 is 2.67 bits per heavy atom. The molecule has 0 radical (unpaired) electrons. The molecule has 0 amide bonds. The minimum absolute atomic E-state index is 0.0157. The van der Waals surface area contributed by atoms with Gasteiger partial charge in [-0.3, -0.25) is 4.90 Å². The van der Waals surface area contributed by atoms with E-state index < -0.39 is 45.7 Å². The Balaban J connectivity index is 1.24. The van der Waals surface area contributed by atoms with Gasteiger partial charge in [-0.15, -0.1) is 0 Å². The van der Waals surface area contributed by atoms with Gasteiger partial charge in [0.15, 0.2) is 5.82 Å². The van der Waals surface area contributed by atoms with Crippen molar-refractivity contribution in [1.82, 2.24) is 25.2 Å². The lowest BCUT2D eigenvalue weighted by atomic mass is 9.89. The summed E-state index contributed by atoms with van der Waals surface area (Å²) in [6, 6.07) is 0.963. The molecule has 15 heteroatoms. The molecule has 5 aliphatic heterocycles. The van der Waals surface area contributed by atoms with Gasteiger partial charge in [-0.2, -0.15) is 23.1 Å². The number of hydrogen-bond acceptors (Lipinski definition) is 8. The zero-order chi connectivity index (χ0) is 34.4. The monoisotopic (exact) mass is 705 g/mol. The predicted octanol–water partition coefficient (Wildman–Crippen LogP) is 6.76. The van der Waals surface area contributed by atoms with Gasteiger partial charge >= 0.3 is 12.2 Å². The van der Waals surface area contributed by atoms with Gasteiger partial charge < -0.3 is 20.7 Å². The Bertz CT molecular complexity index is 1970. The van der Waals surface area contributed by atoms with Gasteiger partial charge in [0.25, 0.3) is 5.92 Å². The molecule has 260 valence electrons. The number of fused-ring (bicyclic) bond motifs is 6. The number of nitrogen functional groups attached to an aromatic ring is 1. The Labute approximate surface area is 283 Å². The van der Waals surface area contributed by atoms with Gasteiger partial charge in [-0.1, -0.05) is 18.2 Å². The number of pyridine rings is 1. The van der Waals surface area contributed by atoms with Crippen molar-refractivity contribution >= 4 is 39.7 Å². The molecule has 1 unspecified atom stereocenters. The number of rotatable bonds is 4. The largest absolute Gasteiger partial charge is 0.461 e. The van der Waals surface area contributed by atoms with Crippen LogP contribution in [0.3, 0.4) is 0 Å². The molecule has 3 N–H and O–H groups in total. The van der Waals surface area contributed by atoms with Crippen molar-refractivity contribution in [3.05, 3.63) is 40.2 Å². The molecule has 1 spiro atoms. The van der Waals surface area contributed by atoms with E-state index in [4.69, 9.17) is 27.1 Å². The van der Waals surface area contributed by atoms with Crippen LogP contribution in [0, 0.1) is 18.2 Å². The van der Waals surface area contributed by atoms with Crippen molar-refractivity contribution in [3.63, 3.8) is 0 Å². The second-order valence-corrected chi connectivity index (χ2v) is 15.3. The summed E-state index contributed by atoms with van der Waals surface area (Å²) in [7, 11) is 0. The maximum atomic E-state index is 17.1. The number of anilines is 2. The van der Waals surface area contributed by atoms with Crippen molar-refractivity contribution < 1.29 is 31.1 Å². The van der Waals surface area contributed by atoms with E-state index in [0.717, 1.165) is 25.3 Å². The molecule has 8 nitrogen and oxygen atoms in total. The zero-order valence-electron chi connectivity index (χ0n) is 26.7. The summed E-state index contributed by atoms with van der Waals surface area (Å²) in [6.45, 7) is 7.05. The molecular weight excluding hydrogens is 672 g/mol. The maximum Gasteiger partial charge on any atom is 0.418 e. The van der Waals surface area contributed by atoms with Crippen molar-refractivity contribution in [2.24, 2.45) is 5.41 Å². The Kier molecular flexibility index (Phi) is 6.53. The lowest BCUT2D eigenvalue weighted by Gasteiger charge is -2.41. The third-order valence-corrected chi connectivity index (χ3v) is 12.3. The average molecular weight is 706 g/mol. The predicted molar refractivity (Wildman–Crippen MR) is 172 cm³/mol. The third-order valence-electron chi connectivity index (χ3n) is 12.0. The van der Waals surface area contributed by atoms with Crippen molar-refractivity contribution in [2.45, 2.75) is 87.6 Å². The number of benzene rings is 1. The molecule has 5 atom stereocenters. The molecule has 49 heavy (non-hydrogen) atoms. The number of nitrogens with two attached hydrogens (primary N) is 1. The Morgan fingerprint density at radius 2 is 1.94 bits per heavy atom. The molecule has 1 saturated carbocycles. The minimum atomic E-state index is -4.91. The van der Waals surface area contributed by atoms with E-state index in [1.165, 1.54) is 6.92 Å². The number of alkyl halides is 5. The number of hydrogen-bond donors (Lipinski definition) is 2. The quantitative estimate of drug-likeness (QED) is 0.288. The number of halogens is 7. The Hall–Kier alpha value is -3.36. The first-order chi connectivity index (χ1) is 23.1. The van der Waals surface area contributed by atoms with E-state index in [-0.39, 0.29) is 83.0 Å². The highest BCUT2D eigenvalue weighted by Crippen LogP contribution is 2.69. The van der Waals surface area contributed by atoms with Crippen LogP contribution in [0.5, 0.6) is 6.01 Å². The SMILES string of the molecule is C=C1C[C@@H]2[C@@H]3CCC(CN2c2nc(OC[C@@]45CCCN4C[C@@]4(CC4(F)F)C5)nc4c(F)c(-c5nc(N)cc(C)c5C(F)(F)F)c(Cl)c1c24)N3. The van der Waals surface area contributed by atoms with Crippen LogP contribution in [0.1, 0.15) is 61.6 Å². The highest BCUT2D eigenvalue weighted by Gasteiger charge is 2.77. The highest BCUT2D eigenvalue weighted by molar-refractivity contribution is 6.37. The molecule has 3 aromatic rings. The van der Waals surface area contributed by atoms with E-state index in [0.29, 0.717) is 37.3 Å². The number of aromatic nitrogens is 3. The van der Waals surface area contributed by atoms with Gasteiger partial charge in [-0.05, 0) is 69.2 Å². The Morgan fingerprint density at radius 1 is 1.16 bits per heavy atom. The molecule has 6 aliphatic rings.